The molecule has 7 aromatic rings. The molecule has 0 aliphatic rings. The van der Waals surface area contributed by atoms with E-state index in [4.69, 9.17) is 11.6 Å². The Morgan fingerprint density at radius 1 is 0.410 bits per heavy atom. The van der Waals surface area contributed by atoms with Crippen LogP contribution in [-0.4, -0.2) is 0 Å². The molecular formula is C57H62ClN3. The van der Waals surface area contributed by atoms with Crippen LogP contribution in [0.4, 0.5) is 51.2 Å². The fraction of sp³-hybridized carbons (Fsp3) is 0.263. The average Bonchev–Trinajstić information content (AvgIpc) is 3.25. The summed E-state index contributed by atoms with van der Waals surface area (Å²) in [6.07, 6.45) is 6.04. The Morgan fingerprint density at radius 3 is 1.25 bits per heavy atom. The van der Waals surface area contributed by atoms with Crippen LogP contribution < -0.4 is 14.7 Å². The van der Waals surface area contributed by atoms with Gasteiger partial charge in [-0.15, -0.1) is 0 Å². The number of halogens is 1. The molecule has 0 aliphatic carbocycles. The lowest BCUT2D eigenvalue weighted by Gasteiger charge is -2.33. The third-order valence-electron chi connectivity index (χ3n) is 11.5. The van der Waals surface area contributed by atoms with Crippen LogP contribution in [0.2, 0.25) is 5.02 Å². The Balaban J connectivity index is 1.41. The molecule has 0 saturated heterocycles. The molecule has 0 aromatic heterocycles. The molecule has 7 aromatic carbocycles. The van der Waals surface area contributed by atoms with Crippen molar-refractivity contribution in [1.29, 1.82) is 0 Å². The maximum absolute atomic E-state index is 7.91. The first-order chi connectivity index (χ1) is 29.3. The fourth-order valence-electron chi connectivity index (χ4n) is 8.07. The summed E-state index contributed by atoms with van der Waals surface area (Å²) in [5.41, 5.74) is 14.3. The second-order valence-electron chi connectivity index (χ2n) is 18.4. The number of nitrogens with zero attached hydrogens (tertiary/aromatic N) is 3. The molecule has 0 fully saturated rings. The van der Waals surface area contributed by atoms with E-state index in [-0.39, 0.29) is 10.8 Å². The normalized spacial score (nSPS) is 11.7. The molecule has 0 spiro atoms. The zero-order valence-electron chi connectivity index (χ0n) is 37.4. The van der Waals surface area contributed by atoms with Crippen LogP contribution in [0.25, 0.3) is 0 Å². The van der Waals surface area contributed by atoms with Crippen LogP contribution in [0.3, 0.4) is 0 Å². The Morgan fingerprint density at radius 2 is 0.803 bits per heavy atom. The highest BCUT2D eigenvalue weighted by atomic mass is 35.5. The maximum atomic E-state index is 7.91. The first kappa shape index (κ1) is 43.3. The first-order valence-corrected chi connectivity index (χ1v) is 22.4. The van der Waals surface area contributed by atoms with E-state index in [1.54, 1.807) is 0 Å². The summed E-state index contributed by atoms with van der Waals surface area (Å²) in [6.45, 7) is 18.0. The molecule has 0 heterocycles. The van der Waals surface area contributed by atoms with Crippen LogP contribution in [-0.2, 0) is 17.3 Å². The number of anilines is 9. The third-order valence-corrected chi connectivity index (χ3v) is 11.9. The second-order valence-corrected chi connectivity index (χ2v) is 18.8. The van der Waals surface area contributed by atoms with Crippen molar-refractivity contribution in [1.82, 2.24) is 0 Å². The van der Waals surface area contributed by atoms with Gasteiger partial charge in [0.05, 0.1) is 16.4 Å². The summed E-state index contributed by atoms with van der Waals surface area (Å²) in [4.78, 5) is 6.97. The van der Waals surface area contributed by atoms with Gasteiger partial charge in [-0.1, -0.05) is 158 Å². The van der Waals surface area contributed by atoms with Gasteiger partial charge in [0.15, 0.2) is 0 Å². The van der Waals surface area contributed by atoms with Gasteiger partial charge in [0.25, 0.3) is 0 Å². The number of hydrogen-bond acceptors (Lipinski definition) is 3. The molecule has 0 amide bonds. The van der Waals surface area contributed by atoms with Crippen molar-refractivity contribution < 1.29 is 0 Å². The number of hydrogen-bond donors (Lipinski definition) is 0. The molecular weight excluding hydrogens is 762 g/mol. The molecule has 3 nitrogen and oxygen atoms in total. The Bertz CT molecular complexity index is 2380. The Hall–Kier alpha value is -5.77. The number of para-hydroxylation sites is 2. The smallest absolute Gasteiger partial charge is 0.0887 e. The molecule has 4 heteroatoms. The summed E-state index contributed by atoms with van der Waals surface area (Å²) in [7, 11) is 0. The molecule has 0 unspecified atom stereocenters. The number of aryl methyl sites for hydroxylation is 2. The lowest BCUT2D eigenvalue weighted by atomic mass is 9.86. The van der Waals surface area contributed by atoms with Crippen molar-refractivity contribution in [3.8, 4) is 0 Å². The minimum atomic E-state index is 0.0303. The highest BCUT2D eigenvalue weighted by Crippen LogP contribution is 2.49. The average molecular weight is 825 g/mol. The SMILES string of the molecule is CCCCCCc1ccc(N(c2cccc(N(c3ccccc3)c3ccccc3)c2)c2cc(C)cc(N(c3ccc(C(C)(C)C)cc3)c3ccc(C(C)(C)C)cc3)c2Cl)cc1. The Kier molecular flexibility index (Phi) is 13.4. The molecule has 0 aliphatic heterocycles. The van der Waals surface area contributed by atoms with Crippen LogP contribution >= 0.6 is 11.6 Å². The molecule has 0 saturated carbocycles. The second kappa shape index (κ2) is 18.9. The Labute approximate surface area is 371 Å². The largest absolute Gasteiger partial charge is 0.310 e. The summed E-state index contributed by atoms with van der Waals surface area (Å²) < 4.78 is 0. The number of rotatable bonds is 14. The van der Waals surface area contributed by atoms with Crippen molar-refractivity contribution in [3.63, 3.8) is 0 Å². The van der Waals surface area contributed by atoms with Crippen molar-refractivity contribution >= 4 is 62.8 Å². The molecule has 7 rings (SSSR count). The van der Waals surface area contributed by atoms with Crippen LogP contribution in [0.15, 0.2) is 170 Å². The van der Waals surface area contributed by atoms with E-state index in [1.165, 1.54) is 42.4 Å². The minimum Gasteiger partial charge on any atom is -0.310 e. The summed E-state index contributed by atoms with van der Waals surface area (Å²) >= 11 is 7.91. The van der Waals surface area contributed by atoms with Gasteiger partial charge in [-0.3, -0.25) is 0 Å². The molecule has 61 heavy (non-hydrogen) atoms. The van der Waals surface area contributed by atoms with Gasteiger partial charge in [0, 0.05) is 39.8 Å². The quantitative estimate of drug-likeness (QED) is 0.101. The lowest BCUT2D eigenvalue weighted by molar-refractivity contribution is 0.590. The predicted molar refractivity (Wildman–Crippen MR) is 265 cm³/mol. The fourth-order valence-corrected chi connectivity index (χ4v) is 8.35. The summed E-state index contributed by atoms with van der Waals surface area (Å²) in [5, 5.41) is 0.669. The molecule has 0 N–H and O–H groups in total. The molecule has 0 bridgehead atoms. The van der Waals surface area contributed by atoms with Gasteiger partial charge >= 0.3 is 0 Å². The van der Waals surface area contributed by atoms with E-state index >= 15 is 0 Å². The van der Waals surface area contributed by atoms with Gasteiger partial charge in [-0.2, -0.15) is 0 Å². The van der Waals surface area contributed by atoms with Crippen LogP contribution in [0, 0.1) is 6.92 Å². The zero-order chi connectivity index (χ0) is 43.1. The van der Waals surface area contributed by atoms with Gasteiger partial charge in [0.1, 0.15) is 0 Å². The third kappa shape index (κ3) is 10.2. The monoisotopic (exact) mass is 823 g/mol. The van der Waals surface area contributed by atoms with Gasteiger partial charge in [0.2, 0.25) is 0 Å². The molecule has 0 atom stereocenters. The van der Waals surface area contributed by atoms with E-state index in [9.17, 15) is 0 Å². The highest BCUT2D eigenvalue weighted by molar-refractivity contribution is 6.36. The van der Waals surface area contributed by atoms with Crippen LogP contribution in [0.1, 0.15) is 96.4 Å². The van der Waals surface area contributed by atoms with Crippen molar-refractivity contribution in [2.45, 2.75) is 98.3 Å². The maximum Gasteiger partial charge on any atom is 0.0887 e. The van der Waals surface area contributed by atoms with E-state index in [0.717, 1.165) is 63.2 Å². The topological polar surface area (TPSA) is 9.72 Å². The van der Waals surface area contributed by atoms with Crippen molar-refractivity contribution in [2.24, 2.45) is 0 Å². The van der Waals surface area contributed by atoms with Gasteiger partial charge in [-0.05, 0) is 144 Å². The minimum absolute atomic E-state index is 0.0303. The van der Waals surface area contributed by atoms with Crippen LogP contribution in [0.5, 0.6) is 0 Å². The van der Waals surface area contributed by atoms with E-state index in [0.29, 0.717) is 5.02 Å². The van der Waals surface area contributed by atoms with E-state index < -0.39 is 0 Å². The van der Waals surface area contributed by atoms with Crippen molar-refractivity contribution in [2.75, 3.05) is 14.7 Å². The highest BCUT2D eigenvalue weighted by Gasteiger charge is 2.25. The number of unbranched alkanes of at least 4 members (excludes halogenated alkanes) is 3. The summed E-state index contributed by atoms with van der Waals surface area (Å²) in [6, 6.07) is 61.5. The predicted octanol–water partition coefficient (Wildman–Crippen LogP) is 17.8. The van der Waals surface area contributed by atoms with E-state index in [1.807, 2.05) is 0 Å². The van der Waals surface area contributed by atoms with E-state index in [2.05, 4.69) is 240 Å². The number of benzene rings is 7. The first-order valence-electron chi connectivity index (χ1n) is 22.0. The van der Waals surface area contributed by atoms with Gasteiger partial charge in [-0.25, -0.2) is 0 Å². The summed E-state index contributed by atoms with van der Waals surface area (Å²) in [5.74, 6) is 0. The standard InChI is InChI=1S/C57H62ClN3/c1-9-10-11-14-20-43-27-33-48(34-28-43)61(52-26-19-25-51(41-52)59(46-21-15-12-16-22-46)47-23-17-13-18-24-47)54-40-42(2)39-53(55(54)58)60(49-35-29-44(30-36-49)56(3,4)5)50-37-31-45(32-38-50)57(6,7)8/h12-13,15-19,21-41H,9-11,14,20H2,1-8H3. The zero-order valence-corrected chi connectivity index (χ0v) is 38.2. The lowest BCUT2D eigenvalue weighted by Crippen LogP contribution is -2.17. The van der Waals surface area contributed by atoms with Gasteiger partial charge < -0.3 is 14.7 Å². The van der Waals surface area contributed by atoms with Crippen molar-refractivity contribution in [3.05, 3.63) is 197 Å². The molecule has 312 valence electrons. The molecule has 0 radical (unpaired) electrons.